The topological polar surface area (TPSA) is 54.7 Å². The fraction of sp³-hybridized carbons (Fsp3) is 0.700. The first-order valence-corrected chi connectivity index (χ1v) is 5.01. The molecule has 3 nitrogen and oxygen atoms in total. The van der Waals surface area contributed by atoms with E-state index in [9.17, 15) is 4.39 Å². The lowest BCUT2D eigenvalue weighted by atomic mass is 9.80. The van der Waals surface area contributed by atoms with E-state index in [1.165, 1.54) is 0 Å². The molecular weight excluding hydrogens is 181 g/mol. The lowest BCUT2D eigenvalue weighted by Crippen LogP contribution is -2.16. The molecule has 0 amide bonds. The number of nitrogens with one attached hydrogen (secondary N) is 1. The minimum absolute atomic E-state index is 0.0114. The van der Waals surface area contributed by atoms with E-state index in [1.807, 2.05) is 0 Å². The summed E-state index contributed by atoms with van der Waals surface area (Å²) in [6, 6.07) is 0. The van der Waals surface area contributed by atoms with E-state index in [2.05, 4.69) is 24.0 Å². The second-order valence-electron chi connectivity index (χ2n) is 4.77. The highest BCUT2D eigenvalue weighted by atomic mass is 19.1. The molecule has 78 valence electrons. The molecule has 0 aliphatic heterocycles. The molecule has 1 heterocycles. The third kappa shape index (κ3) is 1.29. The summed E-state index contributed by atoms with van der Waals surface area (Å²) in [5.41, 5.74) is 6.12. The SMILES string of the molecule is CC1(C)CCCC1c1[nH]nc(N)c1F. The number of halogens is 1. The van der Waals surface area contributed by atoms with Crippen molar-refractivity contribution in [3.05, 3.63) is 11.5 Å². The van der Waals surface area contributed by atoms with Crippen LogP contribution in [0.1, 0.15) is 44.7 Å². The molecule has 3 N–H and O–H groups in total. The molecule has 2 rings (SSSR count). The van der Waals surface area contributed by atoms with E-state index >= 15 is 0 Å². The van der Waals surface area contributed by atoms with E-state index in [4.69, 9.17) is 5.73 Å². The Morgan fingerprint density at radius 2 is 2.29 bits per heavy atom. The number of nitrogens with two attached hydrogens (primary N) is 1. The second kappa shape index (κ2) is 2.97. The van der Waals surface area contributed by atoms with Crippen LogP contribution in [0, 0.1) is 11.2 Å². The molecule has 14 heavy (non-hydrogen) atoms. The summed E-state index contributed by atoms with van der Waals surface area (Å²) in [7, 11) is 0. The van der Waals surface area contributed by atoms with Crippen molar-refractivity contribution in [3.63, 3.8) is 0 Å². The first-order chi connectivity index (χ1) is 6.52. The molecule has 1 saturated carbocycles. The van der Waals surface area contributed by atoms with Crippen LogP contribution in [0.2, 0.25) is 0 Å². The Bertz CT molecular complexity index is 343. The molecule has 1 aliphatic rings. The van der Waals surface area contributed by atoms with Crippen molar-refractivity contribution in [3.8, 4) is 0 Å². The first kappa shape index (κ1) is 9.49. The van der Waals surface area contributed by atoms with E-state index < -0.39 is 0 Å². The van der Waals surface area contributed by atoms with E-state index in [-0.39, 0.29) is 23.0 Å². The van der Waals surface area contributed by atoms with Crippen molar-refractivity contribution in [2.24, 2.45) is 5.41 Å². The molecule has 0 bridgehead atoms. The number of hydrogen-bond acceptors (Lipinski definition) is 2. The number of hydrogen-bond donors (Lipinski definition) is 2. The van der Waals surface area contributed by atoms with Gasteiger partial charge in [0.2, 0.25) is 0 Å². The Morgan fingerprint density at radius 1 is 1.57 bits per heavy atom. The minimum Gasteiger partial charge on any atom is -0.380 e. The summed E-state index contributed by atoms with van der Waals surface area (Å²) in [5.74, 6) is -0.139. The summed E-state index contributed by atoms with van der Waals surface area (Å²) in [6.45, 7) is 4.34. The van der Waals surface area contributed by atoms with Crippen molar-refractivity contribution in [2.75, 3.05) is 5.73 Å². The monoisotopic (exact) mass is 197 g/mol. The Morgan fingerprint density at radius 3 is 2.71 bits per heavy atom. The van der Waals surface area contributed by atoms with E-state index in [0.717, 1.165) is 19.3 Å². The smallest absolute Gasteiger partial charge is 0.188 e. The third-order valence-corrected chi connectivity index (χ3v) is 3.36. The maximum Gasteiger partial charge on any atom is 0.188 e. The fourth-order valence-electron chi connectivity index (χ4n) is 2.45. The quantitative estimate of drug-likeness (QED) is 0.726. The van der Waals surface area contributed by atoms with Gasteiger partial charge in [-0.25, -0.2) is 4.39 Å². The summed E-state index contributed by atoms with van der Waals surface area (Å²) >= 11 is 0. The van der Waals surface area contributed by atoms with Gasteiger partial charge in [0.15, 0.2) is 11.6 Å². The average Bonchev–Trinajstić information content (AvgIpc) is 2.59. The summed E-state index contributed by atoms with van der Waals surface area (Å²) < 4.78 is 13.5. The molecule has 0 aromatic carbocycles. The zero-order chi connectivity index (χ0) is 10.3. The molecular formula is C10H16FN3. The van der Waals surface area contributed by atoms with Gasteiger partial charge in [-0.15, -0.1) is 0 Å². The fourth-order valence-corrected chi connectivity index (χ4v) is 2.45. The van der Waals surface area contributed by atoms with Gasteiger partial charge >= 0.3 is 0 Å². The second-order valence-corrected chi connectivity index (χ2v) is 4.77. The third-order valence-electron chi connectivity index (χ3n) is 3.36. The highest BCUT2D eigenvalue weighted by Gasteiger charge is 2.38. The maximum atomic E-state index is 13.5. The summed E-state index contributed by atoms with van der Waals surface area (Å²) in [4.78, 5) is 0. The van der Waals surface area contributed by atoms with E-state index in [1.54, 1.807) is 0 Å². The molecule has 4 heteroatoms. The number of H-pyrrole nitrogens is 1. The highest BCUT2D eigenvalue weighted by Crippen LogP contribution is 2.49. The molecule has 0 radical (unpaired) electrons. The number of nitrogen functional groups attached to an aromatic ring is 1. The number of anilines is 1. The number of aromatic amines is 1. The standard InChI is InChI=1S/C10H16FN3/c1-10(2)5-3-4-6(10)8-7(11)9(12)14-13-8/h6H,3-5H2,1-2H3,(H3,12,13,14). The zero-order valence-electron chi connectivity index (χ0n) is 8.60. The Balaban J connectivity index is 2.36. The molecule has 1 aromatic rings. The lowest BCUT2D eigenvalue weighted by Gasteiger charge is -2.25. The van der Waals surface area contributed by atoms with Gasteiger partial charge in [-0.05, 0) is 18.3 Å². The van der Waals surface area contributed by atoms with Crippen LogP contribution in [0.25, 0.3) is 0 Å². The Labute approximate surface area is 82.9 Å². The molecule has 1 aromatic heterocycles. The number of aromatic nitrogens is 2. The minimum atomic E-state index is -0.357. The normalized spacial score (nSPS) is 25.5. The van der Waals surface area contributed by atoms with Crippen LogP contribution in [0.4, 0.5) is 10.2 Å². The Hall–Kier alpha value is -1.06. The molecule has 1 atom stereocenters. The van der Waals surface area contributed by atoms with Crippen molar-refractivity contribution in [2.45, 2.75) is 39.0 Å². The van der Waals surface area contributed by atoms with Crippen LogP contribution < -0.4 is 5.73 Å². The predicted octanol–water partition coefficient (Wildman–Crippen LogP) is 2.42. The lowest BCUT2D eigenvalue weighted by molar-refractivity contribution is 0.320. The molecule has 1 unspecified atom stereocenters. The largest absolute Gasteiger partial charge is 0.380 e. The van der Waals surface area contributed by atoms with E-state index in [0.29, 0.717) is 5.69 Å². The van der Waals surface area contributed by atoms with Crippen LogP contribution in [0.15, 0.2) is 0 Å². The van der Waals surface area contributed by atoms with Crippen LogP contribution in [-0.4, -0.2) is 10.2 Å². The maximum absolute atomic E-state index is 13.5. The first-order valence-electron chi connectivity index (χ1n) is 5.01. The Kier molecular flexibility index (Phi) is 2.01. The average molecular weight is 197 g/mol. The van der Waals surface area contributed by atoms with Crippen LogP contribution >= 0.6 is 0 Å². The molecule has 1 aliphatic carbocycles. The van der Waals surface area contributed by atoms with Gasteiger partial charge in [-0.3, -0.25) is 5.10 Å². The van der Waals surface area contributed by atoms with Gasteiger partial charge in [-0.2, -0.15) is 5.10 Å². The van der Waals surface area contributed by atoms with Crippen LogP contribution in [0.3, 0.4) is 0 Å². The van der Waals surface area contributed by atoms with Crippen molar-refractivity contribution < 1.29 is 4.39 Å². The van der Waals surface area contributed by atoms with Crippen molar-refractivity contribution >= 4 is 5.82 Å². The summed E-state index contributed by atoms with van der Waals surface area (Å²) in [6.07, 6.45) is 3.30. The van der Waals surface area contributed by atoms with Gasteiger partial charge in [0.25, 0.3) is 0 Å². The molecule has 0 saturated heterocycles. The van der Waals surface area contributed by atoms with Gasteiger partial charge < -0.3 is 5.73 Å². The van der Waals surface area contributed by atoms with Crippen molar-refractivity contribution in [1.29, 1.82) is 0 Å². The van der Waals surface area contributed by atoms with Crippen molar-refractivity contribution in [1.82, 2.24) is 10.2 Å². The summed E-state index contributed by atoms with van der Waals surface area (Å²) in [5, 5.41) is 6.43. The van der Waals surface area contributed by atoms with Crippen LogP contribution in [-0.2, 0) is 0 Å². The van der Waals surface area contributed by atoms with Gasteiger partial charge in [0.1, 0.15) is 0 Å². The van der Waals surface area contributed by atoms with Crippen LogP contribution in [0.5, 0.6) is 0 Å². The number of rotatable bonds is 1. The van der Waals surface area contributed by atoms with Gasteiger partial charge in [0, 0.05) is 5.92 Å². The number of nitrogens with zero attached hydrogens (tertiary/aromatic N) is 1. The molecule has 0 spiro atoms. The van der Waals surface area contributed by atoms with Gasteiger partial charge in [-0.1, -0.05) is 20.3 Å². The zero-order valence-corrected chi connectivity index (χ0v) is 8.60. The predicted molar refractivity (Wildman–Crippen MR) is 53.3 cm³/mol. The highest BCUT2D eigenvalue weighted by molar-refractivity contribution is 5.34. The molecule has 1 fully saturated rings. The van der Waals surface area contributed by atoms with Gasteiger partial charge in [0.05, 0.1) is 5.69 Å².